The Labute approximate surface area is 118 Å². The number of anilines is 1. The maximum Gasteiger partial charge on any atom is 0.261 e. The second-order valence-electron chi connectivity index (χ2n) is 4.71. The molecule has 0 fully saturated rings. The summed E-state index contributed by atoms with van der Waals surface area (Å²) >= 11 is 0. The van der Waals surface area contributed by atoms with Crippen molar-refractivity contribution in [2.45, 2.75) is 26.2 Å². The molecule has 20 heavy (non-hydrogen) atoms. The van der Waals surface area contributed by atoms with Gasteiger partial charge >= 0.3 is 0 Å². The number of aromatic nitrogens is 1. The number of rotatable bonds is 5. The van der Waals surface area contributed by atoms with Crippen LogP contribution in [0, 0.1) is 5.21 Å². The smallest absolute Gasteiger partial charge is 0.261 e. The van der Waals surface area contributed by atoms with E-state index in [1.54, 1.807) is 12.1 Å². The number of nitrogens with zero attached hydrogens (tertiary/aromatic N) is 1. The Hall–Kier alpha value is -2.36. The highest BCUT2D eigenvalue weighted by Crippen LogP contribution is 2.12. The van der Waals surface area contributed by atoms with Crippen molar-refractivity contribution in [3.63, 3.8) is 0 Å². The summed E-state index contributed by atoms with van der Waals surface area (Å²) in [6.45, 7) is 2.16. The molecule has 0 radical (unpaired) electrons. The SMILES string of the molecule is CCCCc1ccc(NC(=O)c2ccc[n+]([O-])c2)cc1. The van der Waals surface area contributed by atoms with Crippen molar-refractivity contribution in [1.82, 2.24) is 0 Å². The molecule has 0 aliphatic carbocycles. The van der Waals surface area contributed by atoms with Crippen LogP contribution in [0.15, 0.2) is 48.8 Å². The highest BCUT2D eigenvalue weighted by Gasteiger charge is 2.08. The molecule has 0 aliphatic rings. The number of hydrogen-bond acceptors (Lipinski definition) is 2. The molecule has 0 saturated heterocycles. The molecule has 2 aromatic rings. The number of unbranched alkanes of at least 4 members (excludes halogenated alkanes) is 1. The fourth-order valence-electron chi connectivity index (χ4n) is 1.93. The first-order chi connectivity index (χ1) is 9.69. The van der Waals surface area contributed by atoms with E-state index in [0.29, 0.717) is 10.3 Å². The topological polar surface area (TPSA) is 56.0 Å². The lowest BCUT2D eigenvalue weighted by molar-refractivity contribution is -0.605. The predicted molar refractivity (Wildman–Crippen MR) is 78.4 cm³/mol. The molecule has 1 aromatic carbocycles. The fourth-order valence-corrected chi connectivity index (χ4v) is 1.93. The van der Waals surface area contributed by atoms with Crippen LogP contribution in [0.1, 0.15) is 35.7 Å². The largest absolute Gasteiger partial charge is 0.619 e. The van der Waals surface area contributed by atoms with Crippen LogP contribution in [0.4, 0.5) is 5.69 Å². The minimum atomic E-state index is -0.281. The van der Waals surface area contributed by atoms with Crippen molar-refractivity contribution >= 4 is 11.6 Å². The van der Waals surface area contributed by atoms with E-state index in [1.807, 2.05) is 24.3 Å². The average Bonchev–Trinajstić information content (AvgIpc) is 2.46. The quantitative estimate of drug-likeness (QED) is 0.671. The third kappa shape index (κ3) is 3.82. The third-order valence-corrected chi connectivity index (χ3v) is 3.07. The van der Waals surface area contributed by atoms with Crippen LogP contribution in [-0.2, 0) is 6.42 Å². The number of amides is 1. The molecule has 0 unspecified atom stereocenters. The van der Waals surface area contributed by atoms with Crippen LogP contribution in [0.2, 0.25) is 0 Å². The molecule has 0 saturated carbocycles. The first-order valence-corrected chi connectivity index (χ1v) is 6.78. The van der Waals surface area contributed by atoms with E-state index in [2.05, 4.69) is 12.2 Å². The van der Waals surface area contributed by atoms with Gasteiger partial charge in [0.05, 0.1) is 0 Å². The van der Waals surface area contributed by atoms with Gasteiger partial charge in [0.15, 0.2) is 12.4 Å². The van der Waals surface area contributed by atoms with Crippen molar-refractivity contribution in [2.75, 3.05) is 5.32 Å². The van der Waals surface area contributed by atoms with Gasteiger partial charge in [0.25, 0.3) is 5.91 Å². The van der Waals surface area contributed by atoms with Gasteiger partial charge in [-0.2, -0.15) is 4.73 Å². The number of carbonyl (C=O) groups is 1. The van der Waals surface area contributed by atoms with E-state index in [0.717, 1.165) is 12.1 Å². The minimum Gasteiger partial charge on any atom is -0.619 e. The zero-order valence-corrected chi connectivity index (χ0v) is 11.5. The predicted octanol–water partition coefficient (Wildman–Crippen LogP) is 2.91. The van der Waals surface area contributed by atoms with Crippen molar-refractivity contribution in [3.05, 3.63) is 65.1 Å². The van der Waals surface area contributed by atoms with Crippen LogP contribution in [0.3, 0.4) is 0 Å². The molecule has 1 N–H and O–H groups in total. The van der Waals surface area contributed by atoms with Crippen molar-refractivity contribution in [3.8, 4) is 0 Å². The fraction of sp³-hybridized carbons (Fsp3) is 0.250. The van der Waals surface area contributed by atoms with Crippen LogP contribution in [0.5, 0.6) is 0 Å². The zero-order chi connectivity index (χ0) is 14.4. The van der Waals surface area contributed by atoms with Gasteiger partial charge in [0.1, 0.15) is 5.56 Å². The summed E-state index contributed by atoms with van der Waals surface area (Å²) in [5.74, 6) is -0.281. The standard InChI is InChI=1S/C16H18N2O2/c1-2-3-5-13-7-9-15(10-8-13)17-16(19)14-6-4-11-18(20)12-14/h4,6-12H,2-3,5H2,1H3,(H,17,19). The normalized spacial score (nSPS) is 10.2. The maximum absolute atomic E-state index is 12.0. The highest BCUT2D eigenvalue weighted by atomic mass is 16.5. The summed E-state index contributed by atoms with van der Waals surface area (Å²) in [5.41, 5.74) is 2.34. The summed E-state index contributed by atoms with van der Waals surface area (Å²) in [7, 11) is 0. The Morgan fingerprint density at radius 1 is 1.25 bits per heavy atom. The minimum absolute atomic E-state index is 0.281. The van der Waals surface area contributed by atoms with Crippen molar-refractivity contribution in [1.29, 1.82) is 0 Å². The van der Waals surface area contributed by atoms with Gasteiger partial charge in [-0.05, 0) is 36.6 Å². The molecule has 1 heterocycles. The van der Waals surface area contributed by atoms with Crippen molar-refractivity contribution < 1.29 is 9.52 Å². The van der Waals surface area contributed by atoms with Gasteiger partial charge in [-0.25, -0.2) is 0 Å². The van der Waals surface area contributed by atoms with Crippen LogP contribution in [0.25, 0.3) is 0 Å². The lowest BCUT2D eigenvalue weighted by Crippen LogP contribution is -2.27. The lowest BCUT2D eigenvalue weighted by Gasteiger charge is -2.06. The van der Waals surface area contributed by atoms with Gasteiger partial charge in [0, 0.05) is 11.8 Å². The Kier molecular flexibility index (Phi) is 4.71. The molecule has 1 amide bonds. The summed E-state index contributed by atoms with van der Waals surface area (Å²) < 4.78 is 0.614. The van der Waals surface area contributed by atoms with Crippen LogP contribution in [-0.4, -0.2) is 5.91 Å². The Balaban J connectivity index is 2.01. The average molecular weight is 270 g/mol. The van der Waals surface area contributed by atoms with E-state index in [9.17, 15) is 10.0 Å². The molecule has 2 rings (SSSR count). The number of carbonyl (C=O) groups excluding carboxylic acids is 1. The number of nitrogens with one attached hydrogen (secondary N) is 1. The molecular weight excluding hydrogens is 252 g/mol. The van der Waals surface area contributed by atoms with E-state index < -0.39 is 0 Å². The summed E-state index contributed by atoms with van der Waals surface area (Å²) in [4.78, 5) is 12.0. The highest BCUT2D eigenvalue weighted by molar-refractivity contribution is 6.03. The van der Waals surface area contributed by atoms with E-state index in [4.69, 9.17) is 0 Å². The Morgan fingerprint density at radius 2 is 2.00 bits per heavy atom. The number of hydrogen-bond donors (Lipinski definition) is 1. The molecule has 0 atom stereocenters. The Morgan fingerprint density at radius 3 is 2.65 bits per heavy atom. The van der Waals surface area contributed by atoms with Gasteiger partial charge in [0.2, 0.25) is 0 Å². The molecule has 0 bridgehead atoms. The third-order valence-electron chi connectivity index (χ3n) is 3.07. The summed E-state index contributed by atoms with van der Waals surface area (Å²) in [6.07, 6.45) is 5.99. The first kappa shape index (κ1) is 14.1. The van der Waals surface area contributed by atoms with Gasteiger partial charge in [-0.15, -0.1) is 0 Å². The number of pyridine rings is 1. The second-order valence-corrected chi connectivity index (χ2v) is 4.71. The van der Waals surface area contributed by atoms with E-state index >= 15 is 0 Å². The molecule has 4 nitrogen and oxygen atoms in total. The van der Waals surface area contributed by atoms with E-state index in [-0.39, 0.29) is 5.91 Å². The molecule has 104 valence electrons. The first-order valence-electron chi connectivity index (χ1n) is 6.78. The van der Waals surface area contributed by atoms with Crippen molar-refractivity contribution in [2.24, 2.45) is 0 Å². The van der Waals surface area contributed by atoms with Gasteiger partial charge < -0.3 is 10.5 Å². The number of benzene rings is 1. The zero-order valence-electron chi connectivity index (χ0n) is 11.5. The summed E-state index contributed by atoms with van der Waals surface area (Å²) in [5, 5.41) is 13.9. The van der Waals surface area contributed by atoms with Gasteiger partial charge in [-0.1, -0.05) is 25.5 Å². The Bertz CT molecular complexity index is 579. The lowest BCUT2D eigenvalue weighted by atomic mass is 10.1. The molecule has 4 heteroatoms. The molecule has 0 spiro atoms. The summed E-state index contributed by atoms with van der Waals surface area (Å²) in [6, 6.07) is 11.0. The monoisotopic (exact) mass is 270 g/mol. The van der Waals surface area contributed by atoms with Gasteiger partial charge in [-0.3, -0.25) is 4.79 Å². The molecule has 1 aromatic heterocycles. The second kappa shape index (κ2) is 6.70. The molecule has 0 aliphatic heterocycles. The maximum atomic E-state index is 12.0. The number of aryl methyl sites for hydroxylation is 1. The van der Waals surface area contributed by atoms with Crippen LogP contribution < -0.4 is 10.0 Å². The van der Waals surface area contributed by atoms with E-state index in [1.165, 1.54) is 30.8 Å². The molecular formula is C16H18N2O2. The van der Waals surface area contributed by atoms with Crippen LogP contribution >= 0.6 is 0 Å².